The summed E-state index contributed by atoms with van der Waals surface area (Å²) in [4.78, 5) is 0. The Hall–Kier alpha value is 0.177. The second-order valence-corrected chi connectivity index (χ2v) is 8.95. The van der Waals surface area contributed by atoms with Crippen LogP contribution in [0.2, 0.25) is 25.2 Å². The Balaban J connectivity index is 3.33. The van der Waals surface area contributed by atoms with E-state index in [1.165, 1.54) is 18.5 Å². The minimum atomic E-state index is -0.778. The minimum absolute atomic E-state index is 0.778. The van der Waals surface area contributed by atoms with Crippen molar-refractivity contribution in [2.75, 3.05) is 6.54 Å². The second-order valence-electron chi connectivity index (χ2n) is 3.41. The van der Waals surface area contributed by atoms with E-state index in [9.17, 15) is 0 Å². The summed E-state index contributed by atoms with van der Waals surface area (Å²) in [6, 6.07) is 2.80. The van der Waals surface area contributed by atoms with Gasteiger partial charge >= 0.3 is 0 Å². The monoisotopic (exact) mass is 145 g/mol. The van der Waals surface area contributed by atoms with Crippen molar-refractivity contribution >= 4 is 8.07 Å². The summed E-state index contributed by atoms with van der Waals surface area (Å²) < 4.78 is 0. The van der Waals surface area contributed by atoms with Gasteiger partial charge in [-0.15, -0.1) is 0 Å². The molecule has 0 spiro atoms. The van der Waals surface area contributed by atoms with Crippen LogP contribution in [0.25, 0.3) is 0 Å². The Morgan fingerprint density at radius 3 is 2.22 bits per heavy atom. The molecule has 0 rings (SSSR count). The average Bonchev–Trinajstić information content (AvgIpc) is 1.84. The first-order valence-corrected chi connectivity index (χ1v) is 7.24. The molecule has 0 heterocycles. The summed E-state index contributed by atoms with van der Waals surface area (Å²) in [5.41, 5.74) is 5.41. The molecule has 0 aliphatic carbocycles. The summed E-state index contributed by atoms with van der Waals surface area (Å²) in [6.07, 6.45) is 1.23. The highest BCUT2D eigenvalue weighted by Gasteiger charge is 2.15. The molecule has 0 aliphatic heterocycles. The van der Waals surface area contributed by atoms with Crippen molar-refractivity contribution in [2.24, 2.45) is 5.73 Å². The highest BCUT2D eigenvalue weighted by molar-refractivity contribution is 6.77. The van der Waals surface area contributed by atoms with Gasteiger partial charge in [0.1, 0.15) is 0 Å². The van der Waals surface area contributed by atoms with Crippen LogP contribution in [-0.4, -0.2) is 14.6 Å². The van der Waals surface area contributed by atoms with Gasteiger partial charge in [0.15, 0.2) is 0 Å². The predicted octanol–water partition coefficient (Wildman–Crippen LogP) is 2.06. The molecule has 1 nitrogen and oxygen atoms in total. The highest BCUT2D eigenvalue weighted by atomic mass is 28.3. The van der Waals surface area contributed by atoms with Gasteiger partial charge in [-0.1, -0.05) is 32.1 Å². The molecule has 9 heavy (non-hydrogen) atoms. The van der Waals surface area contributed by atoms with Crippen LogP contribution in [0, 0.1) is 0 Å². The summed E-state index contributed by atoms with van der Waals surface area (Å²) in [6.45, 7) is 8.03. The average molecular weight is 145 g/mol. The van der Waals surface area contributed by atoms with Crippen LogP contribution in [0.1, 0.15) is 13.3 Å². The minimum Gasteiger partial charge on any atom is -0.330 e. The van der Waals surface area contributed by atoms with Crippen LogP contribution in [0.3, 0.4) is 0 Å². The molecule has 0 fully saturated rings. The summed E-state index contributed by atoms with van der Waals surface area (Å²) in [7, 11) is -0.778. The molecule has 0 amide bonds. The first-order valence-electron chi connectivity index (χ1n) is 3.82. The molecule has 56 valence electrons. The van der Waals surface area contributed by atoms with Gasteiger partial charge in [0.2, 0.25) is 0 Å². The number of hydrogen-bond donors (Lipinski definition) is 1. The Morgan fingerprint density at radius 2 is 1.89 bits per heavy atom. The summed E-state index contributed by atoms with van der Waals surface area (Å²) >= 11 is 0. The van der Waals surface area contributed by atoms with Crippen molar-refractivity contribution in [3.63, 3.8) is 0 Å². The van der Waals surface area contributed by atoms with Crippen LogP contribution in [0.5, 0.6) is 0 Å². The molecule has 0 bridgehead atoms. The molecule has 0 aromatic carbocycles. The summed E-state index contributed by atoms with van der Waals surface area (Å²) in [5, 5.41) is 0. The Kier molecular flexibility index (Phi) is 4.15. The fourth-order valence-corrected chi connectivity index (χ4v) is 2.27. The van der Waals surface area contributed by atoms with Crippen molar-refractivity contribution in [3.05, 3.63) is 0 Å². The van der Waals surface area contributed by atoms with Crippen LogP contribution >= 0.6 is 0 Å². The highest BCUT2D eigenvalue weighted by Crippen LogP contribution is 2.15. The van der Waals surface area contributed by atoms with Crippen molar-refractivity contribution in [1.29, 1.82) is 0 Å². The Labute approximate surface area is 59.6 Å². The maximum atomic E-state index is 5.41. The van der Waals surface area contributed by atoms with Gasteiger partial charge in [-0.2, -0.15) is 0 Å². The Morgan fingerprint density at radius 1 is 1.33 bits per heavy atom. The smallest absolute Gasteiger partial charge is 0.0471 e. The third kappa shape index (κ3) is 4.67. The largest absolute Gasteiger partial charge is 0.330 e. The van der Waals surface area contributed by atoms with Gasteiger partial charge in [0.25, 0.3) is 0 Å². The van der Waals surface area contributed by atoms with Crippen molar-refractivity contribution in [3.8, 4) is 0 Å². The molecule has 2 heteroatoms. The molecular formula is C7H19NSi. The van der Waals surface area contributed by atoms with E-state index in [0.29, 0.717) is 0 Å². The zero-order chi connectivity index (χ0) is 7.33. The third-order valence-corrected chi connectivity index (χ3v) is 5.64. The first kappa shape index (κ1) is 9.18. The zero-order valence-corrected chi connectivity index (χ0v) is 7.91. The van der Waals surface area contributed by atoms with Gasteiger partial charge in [-0.3, -0.25) is 0 Å². The van der Waals surface area contributed by atoms with E-state index in [1.807, 2.05) is 0 Å². The van der Waals surface area contributed by atoms with Crippen LogP contribution in [0.4, 0.5) is 0 Å². The normalized spacial score (nSPS) is 12.0. The molecule has 0 saturated heterocycles. The topological polar surface area (TPSA) is 26.0 Å². The lowest BCUT2D eigenvalue weighted by Crippen LogP contribution is -2.24. The van der Waals surface area contributed by atoms with E-state index in [1.54, 1.807) is 0 Å². The lowest BCUT2D eigenvalue weighted by atomic mass is 10.5. The number of rotatable bonds is 4. The molecule has 0 unspecified atom stereocenters. The molecule has 0 aromatic rings. The molecule has 0 radical (unpaired) electrons. The zero-order valence-electron chi connectivity index (χ0n) is 6.91. The number of hydrogen-bond acceptors (Lipinski definition) is 1. The van der Waals surface area contributed by atoms with E-state index in [4.69, 9.17) is 5.73 Å². The maximum absolute atomic E-state index is 5.41. The van der Waals surface area contributed by atoms with Gasteiger partial charge in [0.05, 0.1) is 0 Å². The fraction of sp³-hybridized carbons (Fsp3) is 1.00. The predicted molar refractivity (Wildman–Crippen MR) is 46.4 cm³/mol. The van der Waals surface area contributed by atoms with E-state index in [-0.39, 0.29) is 0 Å². The van der Waals surface area contributed by atoms with Crippen molar-refractivity contribution in [1.82, 2.24) is 0 Å². The Bertz CT molecular complexity index is 71.3. The van der Waals surface area contributed by atoms with Crippen molar-refractivity contribution in [2.45, 2.75) is 38.5 Å². The molecular weight excluding hydrogens is 126 g/mol. The molecule has 2 N–H and O–H groups in total. The lowest BCUT2D eigenvalue weighted by molar-refractivity contribution is 0.907. The lowest BCUT2D eigenvalue weighted by Gasteiger charge is -2.18. The van der Waals surface area contributed by atoms with Crippen LogP contribution in [-0.2, 0) is 0 Å². The first-order chi connectivity index (χ1) is 4.12. The summed E-state index contributed by atoms with van der Waals surface area (Å²) in [5.74, 6) is 0. The number of nitrogens with two attached hydrogens (primary N) is 1. The fourth-order valence-electron chi connectivity index (χ4n) is 0.757. The van der Waals surface area contributed by atoms with E-state index in [0.717, 1.165) is 6.54 Å². The van der Waals surface area contributed by atoms with E-state index in [2.05, 4.69) is 20.0 Å². The van der Waals surface area contributed by atoms with Gasteiger partial charge in [0, 0.05) is 8.07 Å². The molecule has 0 saturated carbocycles. The van der Waals surface area contributed by atoms with Crippen LogP contribution in [0.15, 0.2) is 0 Å². The third-order valence-electron chi connectivity index (χ3n) is 2.01. The SMILES string of the molecule is CC[Si](C)(C)CCCN. The second kappa shape index (κ2) is 4.07. The molecule has 0 aromatic heterocycles. The maximum Gasteiger partial charge on any atom is 0.0471 e. The molecule has 0 aliphatic rings. The quantitative estimate of drug-likeness (QED) is 0.602. The van der Waals surface area contributed by atoms with Gasteiger partial charge < -0.3 is 5.73 Å². The molecule has 0 atom stereocenters. The van der Waals surface area contributed by atoms with Gasteiger partial charge in [-0.05, 0) is 13.0 Å². The van der Waals surface area contributed by atoms with E-state index >= 15 is 0 Å². The van der Waals surface area contributed by atoms with E-state index < -0.39 is 8.07 Å². The standard InChI is InChI=1S/C7H19NSi/c1-4-9(2,3)7-5-6-8/h4-8H2,1-3H3. The van der Waals surface area contributed by atoms with Gasteiger partial charge in [-0.25, -0.2) is 0 Å². The van der Waals surface area contributed by atoms with Crippen LogP contribution < -0.4 is 5.73 Å². The van der Waals surface area contributed by atoms with Crippen molar-refractivity contribution < 1.29 is 0 Å².